The molecule has 0 aromatic heterocycles. The maximum absolute atomic E-state index is 2.27. The third-order valence-electron chi connectivity index (χ3n) is 2.27. The van der Waals surface area contributed by atoms with E-state index >= 15 is 0 Å². The standard InChI is InChI=1S/C15H24/c1-7-9-15(11-13(5)8-2)14(6)10-12(3)4/h7,9-11H,8H2,1-6H3/b9-7-,13-11-,15-14+. The Morgan fingerprint density at radius 3 is 2.00 bits per heavy atom. The molecule has 0 heteroatoms. The molecule has 0 unspecified atom stereocenters. The molecule has 0 bridgehead atoms. The van der Waals surface area contributed by atoms with Crippen molar-refractivity contribution >= 4 is 0 Å². The van der Waals surface area contributed by atoms with Crippen LogP contribution in [0.15, 0.2) is 46.6 Å². The zero-order chi connectivity index (χ0) is 11.8. The lowest BCUT2D eigenvalue weighted by Gasteiger charge is -2.03. The summed E-state index contributed by atoms with van der Waals surface area (Å²) in [6, 6.07) is 0. The Kier molecular flexibility index (Phi) is 6.77. The number of rotatable bonds is 4. The van der Waals surface area contributed by atoms with Gasteiger partial charge in [-0.3, -0.25) is 0 Å². The fourth-order valence-electron chi connectivity index (χ4n) is 1.36. The van der Waals surface area contributed by atoms with Crippen LogP contribution in [0, 0.1) is 0 Å². The molecule has 0 saturated heterocycles. The second-order valence-corrected chi connectivity index (χ2v) is 4.20. The fourth-order valence-corrected chi connectivity index (χ4v) is 1.36. The second kappa shape index (κ2) is 7.28. The first kappa shape index (κ1) is 14.0. The van der Waals surface area contributed by atoms with E-state index in [-0.39, 0.29) is 0 Å². The third kappa shape index (κ3) is 6.11. The zero-order valence-electron chi connectivity index (χ0n) is 11.0. The van der Waals surface area contributed by atoms with Crippen molar-refractivity contribution in [2.45, 2.75) is 48.0 Å². The van der Waals surface area contributed by atoms with Crippen molar-refractivity contribution in [3.63, 3.8) is 0 Å². The van der Waals surface area contributed by atoms with Gasteiger partial charge >= 0.3 is 0 Å². The van der Waals surface area contributed by atoms with Crippen LogP contribution in [0.4, 0.5) is 0 Å². The lowest BCUT2D eigenvalue weighted by Crippen LogP contribution is -1.83. The molecule has 0 saturated carbocycles. The van der Waals surface area contributed by atoms with E-state index in [9.17, 15) is 0 Å². The highest BCUT2D eigenvalue weighted by atomic mass is 14.0. The largest absolute Gasteiger partial charge is 0.0871 e. The molecule has 0 aliphatic carbocycles. The quantitative estimate of drug-likeness (QED) is 0.552. The monoisotopic (exact) mass is 204 g/mol. The molecule has 0 heterocycles. The van der Waals surface area contributed by atoms with Gasteiger partial charge in [0.05, 0.1) is 0 Å². The summed E-state index contributed by atoms with van der Waals surface area (Å²) in [6.07, 6.45) is 9.89. The van der Waals surface area contributed by atoms with Crippen LogP contribution in [-0.4, -0.2) is 0 Å². The van der Waals surface area contributed by atoms with E-state index in [1.54, 1.807) is 0 Å². The van der Waals surface area contributed by atoms with Gasteiger partial charge in [-0.15, -0.1) is 0 Å². The van der Waals surface area contributed by atoms with E-state index in [1.807, 2.05) is 0 Å². The van der Waals surface area contributed by atoms with Crippen molar-refractivity contribution < 1.29 is 0 Å². The van der Waals surface area contributed by atoms with E-state index in [4.69, 9.17) is 0 Å². The number of allylic oxidation sites excluding steroid dienone is 8. The van der Waals surface area contributed by atoms with Gasteiger partial charge in [-0.1, -0.05) is 42.4 Å². The average Bonchev–Trinajstić information content (AvgIpc) is 2.15. The van der Waals surface area contributed by atoms with Crippen LogP contribution >= 0.6 is 0 Å². The highest BCUT2D eigenvalue weighted by molar-refractivity contribution is 5.41. The number of hydrogen-bond acceptors (Lipinski definition) is 0. The predicted molar refractivity (Wildman–Crippen MR) is 71.0 cm³/mol. The highest BCUT2D eigenvalue weighted by Gasteiger charge is 1.94. The molecular weight excluding hydrogens is 180 g/mol. The maximum Gasteiger partial charge on any atom is -0.0231 e. The van der Waals surface area contributed by atoms with Gasteiger partial charge in [-0.25, -0.2) is 0 Å². The molecule has 0 fully saturated rings. The van der Waals surface area contributed by atoms with Crippen LogP contribution < -0.4 is 0 Å². The Morgan fingerprint density at radius 2 is 1.60 bits per heavy atom. The van der Waals surface area contributed by atoms with Gasteiger partial charge in [0.2, 0.25) is 0 Å². The van der Waals surface area contributed by atoms with Crippen molar-refractivity contribution in [2.75, 3.05) is 0 Å². The van der Waals surface area contributed by atoms with E-state index in [2.05, 4.69) is 65.8 Å². The average molecular weight is 204 g/mol. The molecule has 0 nitrogen and oxygen atoms in total. The van der Waals surface area contributed by atoms with Gasteiger partial charge in [0.1, 0.15) is 0 Å². The van der Waals surface area contributed by atoms with Gasteiger partial charge in [0.15, 0.2) is 0 Å². The first-order valence-electron chi connectivity index (χ1n) is 5.66. The Balaban J connectivity index is 5.20. The van der Waals surface area contributed by atoms with Gasteiger partial charge in [0.25, 0.3) is 0 Å². The summed E-state index contributed by atoms with van der Waals surface area (Å²) in [5.41, 5.74) is 5.42. The summed E-state index contributed by atoms with van der Waals surface area (Å²) in [4.78, 5) is 0. The molecule has 0 radical (unpaired) electrons. The van der Waals surface area contributed by atoms with E-state index < -0.39 is 0 Å². The summed E-state index contributed by atoms with van der Waals surface area (Å²) in [5, 5.41) is 0. The van der Waals surface area contributed by atoms with Gasteiger partial charge in [0, 0.05) is 0 Å². The maximum atomic E-state index is 2.27. The van der Waals surface area contributed by atoms with Crippen molar-refractivity contribution in [2.24, 2.45) is 0 Å². The molecular formula is C15H24. The lowest BCUT2D eigenvalue weighted by molar-refractivity contribution is 1.09. The van der Waals surface area contributed by atoms with Gasteiger partial charge in [-0.2, -0.15) is 0 Å². The molecule has 0 amide bonds. The first-order chi connectivity index (χ1) is 7.01. The molecule has 0 aromatic rings. The molecule has 0 spiro atoms. The molecule has 0 aromatic carbocycles. The minimum atomic E-state index is 1.11. The van der Waals surface area contributed by atoms with Crippen LogP contribution in [0.1, 0.15) is 48.0 Å². The van der Waals surface area contributed by atoms with Crippen LogP contribution in [0.2, 0.25) is 0 Å². The Hall–Kier alpha value is -1.04. The normalized spacial score (nSPS) is 14.1. The van der Waals surface area contributed by atoms with Crippen molar-refractivity contribution in [1.82, 2.24) is 0 Å². The summed E-state index contributed by atoms with van der Waals surface area (Å²) in [5.74, 6) is 0. The Bertz CT molecular complexity index is 305. The molecule has 0 aliphatic heterocycles. The highest BCUT2D eigenvalue weighted by Crippen LogP contribution is 2.14. The minimum absolute atomic E-state index is 1.11. The van der Waals surface area contributed by atoms with Gasteiger partial charge < -0.3 is 0 Å². The first-order valence-corrected chi connectivity index (χ1v) is 5.66. The summed E-state index contributed by atoms with van der Waals surface area (Å²) < 4.78 is 0. The smallest absolute Gasteiger partial charge is 0.0231 e. The van der Waals surface area contributed by atoms with E-state index in [1.165, 1.54) is 22.3 Å². The Morgan fingerprint density at radius 1 is 1.00 bits per heavy atom. The Labute approximate surface area is 95.1 Å². The lowest BCUT2D eigenvalue weighted by atomic mass is 10.0. The zero-order valence-corrected chi connectivity index (χ0v) is 11.0. The molecule has 0 N–H and O–H groups in total. The second-order valence-electron chi connectivity index (χ2n) is 4.20. The van der Waals surface area contributed by atoms with E-state index in [0.717, 1.165) is 6.42 Å². The predicted octanol–water partition coefficient (Wildman–Crippen LogP) is 5.20. The fraction of sp³-hybridized carbons (Fsp3) is 0.467. The van der Waals surface area contributed by atoms with Crippen LogP contribution in [0.3, 0.4) is 0 Å². The number of hydrogen-bond donors (Lipinski definition) is 0. The third-order valence-corrected chi connectivity index (χ3v) is 2.27. The molecule has 0 atom stereocenters. The summed E-state index contributed by atoms with van der Waals surface area (Å²) in [6.45, 7) is 12.9. The van der Waals surface area contributed by atoms with Crippen LogP contribution in [0.25, 0.3) is 0 Å². The topological polar surface area (TPSA) is 0 Å². The van der Waals surface area contributed by atoms with Crippen molar-refractivity contribution in [1.29, 1.82) is 0 Å². The molecule has 0 rings (SSSR count). The van der Waals surface area contributed by atoms with Crippen LogP contribution in [0.5, 0.6) is 0 Å². The van der Waals surface area contributed by atoms with Crippen LogP contribution in [-0.2, 0) is 0 Å². The SMILES string of the molecule is C\C=C/C(/C=C(/C)CC)=C(/C)C=C(C)C. The molecule has 84 valence electrons. The molecule has 15 heavy (non-hydrogen) atoms. The molecule has 0 aliphatic rings. The van der Waals surface area contributed by atoms with Crippen molar-refractivity contribution in [3.8, 4) is 0 Å². The van der Waals surface area contributed by atoms with E-state index in [0.29, 0.717) is 0 Å². The minimum Gasteiger partial charge on any atom is -0.0871 e. The van der Waals surface area contributed by atoms with Gasteiger partial charge in [-0.05, 0) is 52.2 Å². The van der Waals surface area contributed by atoms with Crippen molar-refractivity contribution in [3.05, 3.63) is 46.6 Å². The summed E-state index contributed by atoms with van der Waals surface area (Å²) >= 11 is 0. The summed E-state index contributed by atoms with van der Waals surface area (Å²) in [7, 11) is 0.